The number of nitrogens with one attached hydrogen (secondary N) is 2. The molecule has 0 aliphatic carbocycles. The standard InChI is InChI=1S/C10H14N6/c1-16-3-2-11-6-9(16)7-4-8-10(12-5-7)14-15-13-8/h4-5,9,11H,2-3,6H2,1H3,(H,12,13,14,15). The van der Waals surface area contributed by atoms with Crippen molar-refractivity contribution in [1.29, 1.82) is 0 Å². The molecular weight excluding hydrogens is 204 g/mol. The summed E-state index contributed by atoms with van der Waals surface area (Å²) in [5.41, 5.74) is 2.70. The maximum atomic E-state index is 4.29. The molecule has 0 saturated carbocycles. The second kappa shape index (κ2) is 3.80. The molecule has 0 amide bonds. The number of pyridine rings is 1. The summed E-state index contributed by atoms with van der Waals surface area (Å²) in [4.78, 5) is 6.62. The Morgan fingerprint density at radius 3 is 3.25 bits per heavy atom. The van der Waals surface area contributed by atoms with Crippen molar-refractivity contribution in [3.05, 3.63) is 17.8 Å². The number of aromatic amines is 1. The molecule has 1 unspecified atom stereocenters. The van der Waals surface area contributed by atoms with Gasteiger partial charge in [0.2, 0.25) is 5.65 Å². The van der Waals surface area contributed by atoms with Gasteiger partial charge >= 0.3 is 0 Å². The van der Waals surface area contributed by atoms with Crippen LogP contribution in [0.2, 0.25) is 0 Å². The molecule has 1 aliphatic rings. The minimum Gasteiger partial charge on any atom is -0.314 e. The Balaban J connectivity index is 1.97. The van der Waals surface area contributed by atoms with Crippen molar-refractivity contribution in [3.63, 3.8) is 0 Å². The number of hydrogen-bond donors (Lipinski definition) is 2. The van der Waals surface area contributed by atoms with Gasteiger partial charge in [-0.15, -0.1) is 5.10 Å². The van der Waals surface area contributed by atoms with Gasteiger partial charge in [0, 0.05) is 31.9 Å². The molecule has 3 rings (SSSR count). The third kappa shape index (κ3) is 1.56. The highest BCUT2D eigenvalue weighted by molar-refractivity contribution is 5.69. The zero-order chi connectivity index (χ0) is 11.0. The molecule has 2 aromatic heterocycles. The van der Waals surface area contributed by atoms with Gasteiger partial charge in [0.25, 0.3) is 0 Å². The van der Waals surface area contributed by atoms with Crippen LogP contribution in [0.3, 0.4) is 0 Å². The van der Waals surface area contributed by atoms with E-state index in [4.69, 9.17) is 0 Å². The van der Waals surface area contributed by atoms with Crippen LogP contribution in [0.15, 0.2) is 12.3 Å². The molecule has 84 valence electrons. The van der Waals surface area contributed by atoms with Gasteiger partial charge in [-0.3, -0.25) is 4.90 Å². The lowest BCUT2D eigenvalue weighted by Crippen LogP contribution is -2.43. The van der Waals surface area contributed by atoms with Gasteiger partial charge in [0.1, 0.15) is 5.52 Å². The Bertz CT molecular complexity index is 493. The molecule has 1 saturated heterocycles. The summed E-state index contributed by atoms with van der Waals surface area (Å²) in [5.74, 6) is 0. The van der Waals surface area contributed by atoms with Gasteiger partial charge in [-0.2, -0.15) is 10.3 Å². The van der Waals surface area contributed by atoms with E-state index >= 15 is 0 Å². The summed E-state index contributed by atoms with van der Waals surface area (Å²) in [6, 6.07) is 2.43. The lowest BCUT2D eigenvalue weighted by Gasteiger charge is -2.33. The third-order valence-electron chi connectivity index (χ3n) is 3.09. The molecule has 3 heterocycles. The van der Waals surface area contributed by atoms with Gasteiger partial charge in [-0.05, 0) is 18.7 Å². The van der Waals surface area contributed by atoms with E-state index in [1.165, 1.54) is 5.56 Å². The zero-order valence-electron chi connectivity index (χ0n) is 9.14. The summed E-state index contributed by atoms with van der Waals surface area (Å²) in [5, 5.41) is 14.0. The Hall–Kier alpha value is -1.53. The van der Waals surface area contributed by atoms with E-state index in [9.17, 15) is 0 Å². The molecule has 6 heteroatoms. The lowest BCUT2D eigenvalue weighted by atomic mass is 10.1. The molecule has 1 fully saturated rings. The Morgan fingerprint density at radius 2 is 2.38 bits per heavy atom. The number of piperazine rings is 1. The summed E-state index contributed by atoms with van der Waals surface area (Å²) in [6.07, 6.45) is 1.89. The van der Waals surface area contributed by atoms with Crippen molar-refractivity contribution in [2.45, 2.75) is 6.04 Å². The van der Waals surface area contributed by atoms with Crippen LogP contribution in [0.4, 0.5) is 0 Å². The van der Waals surface area contributed by atoms with Crippen molar-refractivity contribution in [1.82, 2.24) is 30.6 Å². The zero-order valence-corrected chi connectivity index (χ0v) is 9.14. The fourth-order valence-corrected chi connectivity index (χ4v) is 2.12. The van der Waals surface area contributed by atoms with Crippen LogP contribution < -0.4 is 5.32 Å². The second-order valence-corrected chi connectivity index (χ2v) is 4.14. The van der Waals surface area contributed by atoms with Gasteiger partial charge in [0.15, 0.2) is 0 Å². The molecular formula is C10H14N6. The molecule has 16 heavy (non-hydrogen) atoms. The topological polar surface area (TPSA) is 69.7 Å². The van der Waals surface area contributed by atoms with Crippen LogP contribution in [0.25, 0.3) is 11.2 Å². The minimum absolute atomic E-state index is 0.377. The molecule has 6 nitrogen and oxygen atoms in total. The Morgan fingerprint density at radius 1 is 1.44 bits per heavy atom. The monoisotopic (exact) mass is 218 g/mol. The van der Waals surface area contributed by atoms with Crippen molar-refractivity contribution in [2.24, 2.45) is 0 Å². The SMILES string of the molecule is CN1CCNCC1c1cnc2n[nH]nc2c1. The largest absolute Gasteiger partial charge is 0.314 e. The minimum atomic E-state index is 0.377. The highest BCUT2D eigenvalue weighted by Gasteiger charge is 2.21. The lowest BCUT2D eigenvalue weighted by molar-refractivity contribution is 0.202. The van der Waals surface area contributed by atoms with Crippen LogP contribution in [0, 0.1) is 0 Å². The maximum Gasteiger partial charge on any atom is 0.201 e. The van der Waals surface area contributed by atoms with E-state index in [0.29, 0.717) is 11.7 Å². The van der Waals surface area contributed by atoms with Gasteiger partial charge in [0.05, 0.1) is 0 Å². The molecule has 2 aromatic rings. The number of hydrogen-bond acceptors (Lipinski definition) is 5. The van der Waals surface area contributed by atoms with Crippen molar-refractivity contribution >= 4 is 11.2 Å². The molecule has 0 radical (unpaired) electrons. The van der Waals surface area contributed by atoms with E-state index < -0.39 is 0 Å². The van der Waals surface area contributed by atoms with Crippen molar-refractivity contribution < 1.29 is 0 Å². The molecule has 0 bridgehead atoms. The highest BCUT2D eigenvalue weighted by Crippen LogP contribution is 2.21. The average molecular weight is 218 g/mol. The first kappa shape index (κ1) is 9.68. The normalized spacial score (nSPS) is 22.7. The van der Waals surface area contributed by atoms with Crippen molar-refractivity contribution in [3.8, 4) is 0 Å². The Kier molecular flexibility index (Phi) is 2.30. The van der Waals surface area contributed by atoms with Crippen molar-refractivity contribution in [2.75, 3.05) is 26.7 Å². The quantitative estimate of drug-likeness (QED) is 0.701. The van der Waals surface area contributed by atoms with Crippen LogP contribution in [0.1, 0.15) is 11.6 Å². The predicted molar refractivity (Wildman–Crippen MR) is 59.9 cm³/mol. The van der Waals surface area contributed by atoms with E-state index in [2.05, 4.69) is 43.7 Å². The first-order valence-corrected chi connectivity index (χ1v) is 5.42. The molecule has 0 spiro atoms. The summed E-state index contributed by atoms with van der Waals surface area (Å²) in [7, 11) is 2.14. The first-order valence-electron chi connectivity index (χ1n) is 5.42. The first-order chi connectivity index (χ1) is 7.84. The summed E-state index contributed by atoms with van der Waals surface area (Å²) in [6.45, 7) is 3.07. The van der Waals surface area contributed by atoms with E-state index in [1.807, 2.05) is 6.20 Å². The molecule has 2 N–H and O–H groups in total. The number of likely N-dealkylation sites (N-methyl/N-ethyl adjacent to an activating group) is 1. The third-order valence-corrected chi connectivity index (χ3v) is 3.09. The van der Waals surface area contributed by atoms with E-state index in [-0.39, 0.29) is 0 Å². The average Bonchev–Trinajstić information content (AvgIpc) is 2.76. The van der Waals surface area contributed by atoms with E-state index in [0.717, 1.165) is 25.2 Å². The van der Waals surface area contributed by atoms with Crippen LogP contribution >= 0.6 is 0 Å². The maximum absolute atomic E-state index is 4.29. The predicted octanol–water partition coefficient (Wildman–Crippen LogP) is -0.0710. The number of rotatable bonds is 1. The fraction of sp³-hybridized carbons (Fsp3) is 0.500. The molecule has 1 atom stereocenters. The van der Waals surface area contributed by atoms with Gasteiger partial charge < -0.3 is 5.32 Å². The number of nitrogens with zero attached hydrogens (tertiary/aromatic N) is 4. The van der Waals surface area contributed by atoms with Crippen LogP contribution in [-0.2, 0) is 0 Å². The van der Waals surface area contributed by atoms with Crippen LogP contribution in [0.5, 0.6) is 0 Å². The van der Waals surface area contributed by atoms with Gasteiger partial charge in [-0.1, -0.05) is 0 Å². The molecule has 1 aliphatic heterocycles. The second-order valence-electron chi connectivity index (χ2n) is 4.14. The number of aromatic nitrogens is 4. The van der Waals surface area contributed by atoms with Gasteiger partial charge in [-0.25, -0.2) is 4.98 Å². The van der Waals surface area contributed by atoms with E-state index in [1.54, 1.807) is 0 Å². The highest BCUT2D eigenvalue weighted by atomic mass is 15.3. The van der Waals surface area contributed by atoms with Crippen LogP contribution in [-0.4, -0.2) is 52.0 Å². The summed E-state index contributed by atoms with van der Waals surface area (Å²) < 4.78 is 0. The number of H-pyrrole nitrogens is 1. The fourth-order valence-electron chi connectivity index (χ4n) is 2.12. The summed E-state index contributed by atoms with van der Waals surface area (Å²) >= 11 is 0. The smallest absolute Gasteiger partial charge is 0.201 e. The molecule has 0 aromatic carbocycles. The number of fused-ring (bicyclic) bond motifs is 1. The Labute approximate surface area is 93.0 Å².